The summed E-state index contributed by atoms with van der Waals surface area (Å²) in [6.45, 7) is 1.81. The standard InChI is InChI=1S/C38H34N2O5/c1-43-35-22-33-34(39-24-26-9-8-18-40(26)38(33)42)23-36(35)45-20-7-6-19-44-27-16-14-25(15-17-27)21-32-28-10-2-4-12-30(28)37(41)31-13-5-3-11-29(31)32/h2-5,10-17,21-24,26H,6-9,18-20H2,1H3/t26-/m0/s1. The summed E-state index contributed by atoms with van der Waals surface area (Å²) < 4.78 is 17.6. The average Bonchev–Trinajstić information content (AvgIpc) is 3.51. The first-order chi connectivity index (χ1) is 22.1. The third-order valence-corrected chi connectivity index (χ3v) is 8.64. The van der Waals surface area contributed by atoms with Crippen molar-refractivity contribution in [2.24, 2.45) is 4.99 Å². The number of ketones is 1. The van der Waals surface area contributed by atoms with Gasteiger partial charge in [-0.1, -0.05) is 60.7 Å². The number of fused-ring (bicyclic) bond motifs is 4. The van der Waals surface area contributed by atoms with Gasteiger partial charge < -0.3 is 19.1 Å². The number of rotatable bonds is 9. The van der Waals surface area contributed by atoms with E-state index < -0.39 is 0 Å². The van der Waals surface area contributed by atoms with Crippen LogP contribution in [-0.4, -0.2) is 55.7 Å². The largest absolute Gasteiger partial charge is 0.494 e. The smallest absolute Gasteiger partial charge is 0.256 e. The molecular formula is C38H34N2O5. The molecule has 7 rings (SSSR count). The Hall–Kier alpha value is -5.17. The van der Waals surface area contributed by atoms with Gasteiger partial charge in [0.2, 0.25) is 0 Å². The van der Waals surface area contributed by atoms with Gasteiger partial charge in [-0.05, 0) is 72.2 Å². The molecule has 2 aliphatic heterocycles. The lowest BCUT2D eigenvalue weighted by Crippen LogP contribution is -2.35. The van der Waals surface area contributed by atoms with Gasteiger partial charge in [0.25, 0.3) is 5.91 Å². The number of carbonyl (C=O) groups excluding carboxylic acids is 2. The first-order valence-corrected chi connectivity index (χ1v) is 15.5. The van der Waals surface area contributed by atoms with Crippen molar-refractivity contribution >= 4 is 35.2 Å². The van der Waals surface area contributed by atoms with Crippen molar-refractivity contribution in [1.82, 2.24) is 4.90 Å². The van der Waals surface area contributed by atoms with Crippen molar-refractivity contribution in [2.45, 2.75) is 31.7 Å². The summed E-state index contributed by atoms with van der Waals surface area (Å²) in [5.74, 6) is 1.98. The van der Waals surface area contributed by atoms with Crippen molar-refractivity contribution in [3.8, 4) is 17.2 Å². The van der Waals surface area contributed by atoms with E-state index in [-0.39, 0.29) is 17.7 Å². The van der Waals surface area contributed by atoms with Gasteiger partial charge in [-0.3, -0.25) is 14.6 Å². The van der Waals surface area contributed by atoms with Crippen molar-refractivity contribution in [3.05, 3.63) is 118 Å². The molecule has 0 bridgehead atoms. The lowest BCUT2D eigenvalue weighted by atomic mass is 9.81. The number of benzene rings is 4. The molecule has 2 heterocycles. The summed E-state index contributed by atoms with van der Waals surface area (Å²) in [7, 11) is 1.58. The van der Waals surface area contributed by atoms with E-state index in [9.17, 15) is 9.59 Å². The number of hydrogen-bond donors (Lipinski definition) is 0. The predicted molar refractivity (Wildman–Crippen MR) is 175 cm³/mol. The van der Waals surface area contributed by atoms with E-state index in [1.54, 1.807) is 19.2 Å². The van der Waals surface area contributed by atoms with Gasteiger partial charge in [0.05, 0.1) is 37.6 Å². The van der Waals surface area contributed by atoms with Crippen LogP contribution < -0.4 is 14.2 Å². The second-order valence-electron chi connectivity index (χ2n) is 11.5. The fraction of sp³-hybridized carbons (Fsp3) is 0.237. The molecule has 7 heteroatoms. The van der Waals surface area contributed by atoms with Gasteiger partial charge in [-0.25, -0.2) is 0 Å². The summed E-state index contributed by atoms with van der Waals surface area (Å²) in [5, 5.41) is 0. The van der Waals surface area contributed by atoms with Gasteiger partial charge in [0, 0.05) is 30.0 Å². The van der Waals surface area contributed by atoms with E-state index >= 15 is 0 Å². The highest BCUT2D eigenvalue weighted by Crippen LogP contribution is 2.39. The van der Waals surface area contributed by atoms with Gasteiger partial charge in [-0.2, -0.15) is 0 Å². The topological polar surface area (TPSA) is 77.4 Å². The zero-order valence-electron chi connectivity index (χ0n) is 25.2. The van der Waals surface area contributed by atoms with Gasteiger partial charge in [0.15, 0.2) is 17.3 Å². The molecule has 3 aliphatic rings. The Labute approximate surface area is 262 Å². The summed E-state index contributed by atoms with van der Waals surface area (Å²) >= 11 is 0. The Morgan fingerprint density at radius 3 is 2.16 bits per heavy atom. The Balaban J connectivity index is 0.946. The second kappa shape index (κ2) is 12.4. The maximum absolute atomic E-state index is 13.1. The maximum Gasteiger partial charge on any atom is 0.256 e. The molecule has 0 aromatic heterocycles. The van der Waals surface area contributed by atoms with Crippen molar-refractivity contribution in [1.29, 1.82) is 0 Å². The number of carbonyl (C=O) groups is 2. The van der Waals surface area contributed by atoms with Crippen LogP contribution in [0.25, 0.3) is 11.6 Å². The summed E-state index contributed by atoms with van der Waals surface area (Å²) in [6, 6.07) is 27.2. The molecule has 1 atom stereocenters. The van der Waals surface area contributed by atoms with Crippen LogP contribution in [-0.2, 0) is 0 Å². The lowest BCUT2D eigenvalue weighted by molar-refractivity contribution is 0.0774. The van der Waals surface area contributed by atoms with Gasteiger partial charge >= 0.3 is 0 Å². The normalized spacial score (nSPS) is 16.3. The molecule has 1 fully saturated rings. The summed E-state index contributed by atoms with van der Waals surface area (Å²) in [6.07, 6.45) is 7.56. The Kier molecular flexibility index (Phi) is 7.91. The third kappa shape index (κ3) is 5.62. The fourth-order valence-corrected chi connectivity index (χ4v) is 6.30. The first-order valence-electron chi connectivity index (χ1n) is 15.5. The van der Waals surface area contributed by atoms with Gasteiger partial charge in [0.1, 0.15) is 5.75 Å². The molecule has 0 unspecified atom stereocenters. The fourth-order valence-electron chi connectivity index (χ4n) is 6.30. The average molecular weight is 599 g/mol. The number of aliphatic imine (C=N–C) groups is 1. The molecule has 45 heavy (non-hydrogen) atoms. The predicted octanol–water partition coefficient (Wildman–Crippen LogP) is 7.39. The minimum atomic E-state index is -0.00202. The van der Waals surface area contributed by atoms with Crippen LogP contribution in [0.4, 0.5) is 5.69 Å². The van der Waals surface area contributed by atoms with Crippen LogP contribution in [0.3, 0.4) is 0 Å². The quantitative estimate of drug-likeness (QED) is 0.165. The first kappa shape index (κ1) is 28.6. The molecule has 0 spiro atoms. The minimum Gasteiger partial charge on any atom is -0.494 e. The van der Waals surface area contributed by atoms with E-state index in [2.05, 4.69) is 11.1 Å². The second-order valence-corrected chi connectivity index (χ2v) is 11.5. The van der Waals surface area contributed by atoms with E-state index in [1.807, 2.05) is 83.9 Å². The molecule has 4 aromatic rings. The SMILES string of the molecule is COc1cc2c(cc1OCCCCOc1ccc(C=C3c4ccccc4C(=O)c4ccccc43)cc1)N=C[C@@H]1CCCN1C2=O. The molecule has 1 aliphatic carbocycles. The minimum absolute atomic E-state index is 0.00202. The number of methoxy groups -OCH3 is 1. The van der Waals surface area contributed by atoms with Crippen molar-refractivity contribution in [2.75, 3.05) is 26.9 Å². The molecule has 1 amide bonds. The van der Waals surface area contributed by atoms with Crippen LogP contribution in [0.1, 0.15) is 68.7 Å². The highest BCUT2D eigenvalue weighted by molar-refractivity contribution is 6.20. The zero-order valence-corrected chi connectivity index (χ0v) is 25.2. The van der Waals surface area contributed by atoms with E-state index in [4.69, 9.17) is 14.2 Å². The Morgan fingerprint density at radius 1 is 0.800 bits per heavy atom. The molecular weight excluding hydrogens is 564 g/mol. The number of nitrogens with zero attached hydrogens (tertiary/aromatic N) is 2. The monoisotopic (exact) mass is 598 g/mol. The summed E-state index contributed by atoms with van der Waals surface area (Å²) in [5.41, 5.74) is 6.62. The number of ether oxygens (including phenoxy) is 3. The molecule has 226 valence electrons. The van der Waals surface area contributed by atoms with E-state index in [1.165, 1.54) is 0 Å². The van der Waals surface area contributed by atoms with Crippen molar-refractivity contribution < 1.29 is 23.8 Å². The highest BCUT2D eigenvalue weighted by atomic mass is 16.5. The van der Waals surface area contributed by atoms with E-state index in [0.717, 1.165) is 71.4 Å². The Morgan fingerprint density at radius 2 is 1.47 bits per heavy atom. The maximum atomic E-state index is 13.1. The number of unbranched alkanes of at least 4 members (excludes halogenated alkanes) is 1. The lowest BCUT2D eigenvalue weighted by Gasteiger charge is -2.21. The molecule has 0 saturated carbocycles. The molecule has 1 saturated heterocycles. The molecule has 7 nitrogen and oxygen atoms in total. The van der Waals surface area contributed by atoms with Crippen LogP contribution in [0.5, 0.6) is 17.2 Å². The highest BCUT2D eigenvalue weighted by Gasteiger charge is 2.32. The van der Waals surface area contributed by atoms with Crippen LogP contribution in [0.15, 0.2) is 89.9 Å². The molecule has 4 aromatic carbocycles. The van der Waals surface area contributed by atoms with Crippen molar-refractivity contribution in [3.63, 3.8) is 0 Å². The van der Waals surface area contributed by atoms with Crippen LogP contribution in [0.2, 0.25) is 0 Å². The van der Waals surface area contributed by atoms with Crippen LogP contribution >= 0.6 is 0 Å². The molecule has 0 radical (unpaired) electrons. The number of amides is 1. The molecule has 0 N–H and O–H groups in total. The summed E-state index contributed by atoms with van der Waals surface area (Å²) in [4.78, 5) is 32.6. The third-order valence-electron chi connectivity index (χ3n) is 8.64. The van der Waals surface area contributed by atoms with E-state index in [0.29, 0.717) is 36.0 Å². The Bertz CT molecular complexity index is 1770. The number of hydrogen-bond acceptors (Lipinski definition) is 6. The van der Waals surface area contributed by atoms with Gasteiger partial charge in [-0.15, -0.1) is 0 Å². The zero-order chi connectivity index (χ0) is 30.8. The van der Waals surface area contributed by atoms with Crippen LogP contribution in [0, 0.1) is 0 Å².